The van der Waals surface area contributed by atoms with E-state index in [0.717, 1.165) is 25.3 Å². The molecule has 1 fully saturated rings. The first kappa shape index (κ1) is 12.1. The maximum absolute atomic E-state index is 11.9. The van der Waals surface area contributed by atoms with E-state index in [1.54, 1.807) is 4.68 Å². The average Bonchev–Trinajstić information content (AvgIpc) is 2.58. The van der Waals surface area contributed by atoms with Gasteiger partial charge in [0.05, 0.1) is 0 Å². The monoisotopic (exact) mass is 236 g/mol. The Kier molecular flexibility index (Phi) is 3.47. The molecule has 2 rings (SSSR count). The highest BCUT2D eigenvalue weighted by Gasteiger charge is 2.19. The van der Waals surface area contributed by atoms with E-state index in [0.29, 0.717) is 17.5 Å². The Balaban J connectivity index is 1.95. The van der Waals surface area contributed by atoms with Gasteiger partial charge in [0.15, 0.2) is 0 Å². The summed E-state index contributed by atoms with van der Waals surface area (Å²) in [6, 6.07) is 1.87. The Hall–Kier alpha value is -1.36. The lowest BCUT2D eigenvalue weighted by Crippen LogP contribution is -2.48. The molecular weight excluding hydrogens is 216 g/mol. The fraction of sp³-hybridized carbons (Fsp3) is 0.667. The Morgan fingerprint density at radius 3 is 2.82 bits per heavy atom. The normalized spacial score (nSPS) is 16.0. The molecule has 1 amide bonds. The molecule has 0 radical (unpaired) electrons. The molecule has 1 aliphatic heterocycles. The number of aromatic nitrogens is 2. The predicted octanol–water partition coefficient (Wildman–Crippen LogP) is 0.493. The van der Waals surface area contributed by atoms with Crippen LogP contribution in [0.1, 0.15) is 35.9 Å². The molecule has 5 nitrogen and oxygen atoms in total. The van der Waals surface area contributed by atoms with Crippen molar-refractivity contribution in [2.45, 2.75) is 19.8 Å². The number of rotatable bonds is 4. The van der Waals surface area contributed by atoms with Crippen molar-refractivity contribution in [3.05, 3.63) is 17.5 Å². The third kappa shape index (κ3) is 2.66. The van der Waals surface area contributed by atoms with E-state index in [-0.39, 0.29) is 5.91 Å². The summed E-state index contributed by atoms with van der Waals surface area (Å²) in [4.78, 5) is 11.9. The molecule has 0 aliphatic carbocycles. The minimum absolute atomic E-state index is 0.0700. The van der Waals surface area contributed by atoms with Crippen molar-refractivity contribution in [2.24, 2.45) is 13.0 Å². The van der Waals surface area contributed by atoms with E-state index in [4.69, 9.17) is 0 Å². The zero-order valence-corrected chi connectivity index (χ0v) is 10.7. The molecule has 5 heteroatoms. The highest BCUT2D eigenvalue weighted by molar-refractivity contribution is 5.92. The fourth-order valence-corrected chi connectivity index (χ4v) is 1.95. The predicted molar refractivity (Wildman–Crippen MR) is 66.0 cm³/mol. The number of hydrogen-bond donors (Lipinski definition) is 2. The summed E-state index contributed by atoms with van der Waals surface area (Å²) in [5.74, 6) is 0.886. The Bertz CT molecular complexity index is 407. The van der Waals surface area contributed by atoms with Gasteiger partial charge in [-0.05, 0) is 12.0 Å². The highest BCUT2D eigenvalue weighted by atomic mass is 16.1. The first-order valence-corrected chi connectivity index (χ1v) is 6.10. The largest absolute Gasteiger partial charge is 0.350 e. The van der Waals surface area contributed by atoms with Gasteiger partial charge in [0.2, 0.25) is 0 Å². The van der Waals surface area contributed by atoms with Crippen molar-refractivity contribution in [1.29, 1.82) is 0 Å². The molecule has 0 aromatic carbocycles. The van der Waals surface area contributed by atoms with Gasteiger partial charge in [-0.2, -0.15) is 5.10 Å². The number of carbonyl (C=O) groups is 1. The number of carbonyl (C=O) groups excluding carboxylic acids is 1. The van der Waals surface area contributed by atoms with Crippen LogP contribution in [-0.2, 0) is 7.05 Å². The van der Waals surface area contributed by atoms with Crippen LogP contribution >= 0.6 is 0 Å². The van der Waals surface area contributed by atoms with Crippen LogP contribution in [0.3, 0.4) is 0 Å². The van der Waals surface area contributed by atoms with Gasteiger partial charge in [-0.15, -0.1) is 0 Å². The Labute approximate surface area is 102 Å². The van der Waals surface area contributed by atoms with Crippen LogP contribution in [0.4, 0.5) is 0 Å². The maximum Gasteiger partial charge on any atom is 0.271 e. The summed E-state index contributed by atoms with van der Waals surface area (Å²) in [7, 11) is 1.88. The standard InChI is InChI=1S/C12H20N4O/c1-8(2)11-4-10(15-16(11)3)12(17)14-7-9-5-13-6-9/h4,8-9,13H,5-7H2,1-3H3,(H,14,17). The fourth-order valence-electron chi connectivity index (χ4n) is 1.95. The van der Waals surface area contributed by atoms with E-state index in [1.807, 2.05) is 13.1 Å². The molecule has 1 aromatic heterocycles. The number of nitrogens with zero attached hydrogens (tertiary/aromatic N) is 2. The van der Waals surface area contributed by atoms with Crippen LogP contribution in [0.25, 0.3) is 0 Å². The van der Waals surface area contributed by atoms with Crippen LogP contribution in [0.2, 0.25) is 0 Å². The molecule has 2 N–H and O–H groups in total. The van der Waals surface area contributed by atoms with Gasteiger partial charge in [0.1, 0.15) is 5.69 Å². The minimum Gasteiger partial charge on any atom is -0.350 e. The van der Waals surface area contributed by atoms with Crippen molar-refractivity contribution < 1.29 is 4.79 Å². The first-order chi connectivity index (χ1) is 8.08. The van der Waals surface area contributed by atoms with Gasteiger partial charge >= 0.3 is 0 Å². The van der Waals surface area contributed by atoms with Crippen molar-refractivity contribution in [2.75, 3.05) is 19.6 Å². The van der Waals surface area contributed by atoms with Crippen molar-refractivity contribution in [1.82, 2.24) is 20.4 Å². The summed E-state index contributed by atoms with van der Waals surface area (Å²) < 4.78 is 1.78. The second-order valence-electron chi connectivity index (χ2n) is 4.97. The quantitative estimate of drug-likeness (QED) is 0.800. The number of hydrogen-bond acceptors (Lipinski definition) is 3. The van der Waals surface area contributed by atoms with E-state index >= 15 is 0 Å². The first-order valence-electron chi connectivity index (χ1n) is 6.10. The lowest BCUT2D eigenvalue weighted by Gasteiger charge is -2.26. The second kappa shape index (κ2) is 4.87. The third-order valence-corrected chi connectivity index (χ3v) is 3.16. The average molecular weight is 236 g/mol. The third-order valence-electron chi connectivity index (χ3n) is 3.16. The SMILES string of the molecule is CC(C)c1cc(C(=O)NCC2CNC2)nn1C. The molecule has 0 bridgehead atoms. The van der Waals surface area contributed by atoms with Crippen molar-refractivity contribution >= 4 is 5.91 Å². The van der Waals surface area contributed by atoms with E-state index in [9.17, 15) is 4.79 Å². The number of amides is 1. The summed E-state index contributed by atoms with van der Waals surface area (Å²) >= 11 is 0. The summed E-state index contributed by atoms with van der Waals surface area (Å²) in [6.07, 6.45) is 0. The summed E-state index contributed by atoms with van der Waals surface area (Å²) in [6.45, 7) is 6.93. The molecule has 0 saturated carbocycles. The zero-order valence-electron chi connectivity index (χ0n) is 10.7. The molecule has 1 aromatic rings. The topological polar surface area (TPSA) is 59.0 Å². The van der Waals surface area contributed by atoms with Gasteiger partial charge in [-0.1, -0.05) is 13.8 Å². The van der Waals surface area contributed by atoms with Crippen molar-refractivity contribution in [3.63, 3.8) is 0 Å². The smallest absolute Gasteiger partial charge is 0.271 e. The number of aryl methyl sites for hydroxylation is 1. The van der Waals surface area contributed by atoms with Gasteiger partial charge < -0.3 is 10.6 Å². The minimum atomic E-state index is -0.0700. The van der Waals surface area contributed by atoms with Gasteiger partial charge in [-0.25, -0.2) is 0 Å². The molecule has 94 valence electrons. The molecule has 0 spiro atoms. The van der Waals surface area contributed by atoms with Crippen LogP contribution in [0.5, 0.6) is 0 Å². The Morgan fingerprint density at radius 2 is 2.35 bits per heavy atom. The van der Waals surface area contributed by atoms with Crippen LogP contribution in [0, 0.1) is 5.92 Å². The molecule has 1 saturated heterocycles. The molecule has 1 aliphatic rings. The van der Waals surface area contributed by atoms with Crippen molar-refractivity contribution in [3.8, 4) is 0 Å². The van der Waals surface area contributed by atoms with Gasteiger partial charge in [-0.3, -0.25) is 9.48 Å². The molecular formula is C12H20N4O. The summed E-state index contributed by atoms with van der Waals surface area (Å²) in [5, 5.41) is 10.4. The second-order valence-corrected chi connectivity index (χ2v) is 4.97. The molecule has 2 heterocycles. The Morgan fingerprint density at radius 1 is 1.65 bits per heavy atom. The lowest BCUT2D eigenvalue weighted by atomic mass is 10.0. The van der Waals surface area contributed by atoms with Crippen LogP contribution in [0.15, 0.2) is 6.07 Å². The van der Waals surface area contributed by atoms with E-state index in [1.165, 1.54) is 0 Å². The van der Waals surface area contributed by atoms with Crippen LogP contribution in [-0.4, -0.2) is 35.3 Å². The summed E-state index contributed by atoms with van der Waals surface area (Å²) in [5.41, 5.74) is 1.60. The zero-order chi connectivity index (χ0) is 12.4. The molecule has 17 heavy (non-hydrogen) atoms. The maximum atomic E-state index is 11.9. The van der Waals surface area contributed by atoms with E-state index in [2.05, 4.69) is 29.6 Å². The lowest BCUT2D eigenvalue weighted by molar-refractivity contribution is 0.0936. The van der Waals surface area contributed by atoms with Crippen LogP contribution < -0.4 is 10.6 Å². The van der Waals surface area contributed by atoms with Gasteiger partial charge in [0.25, 0.3) is 5.91 Å². The molecule has 0 unspecified atom stereocenters. The highest BCUT2D eigenvalue weighted by Crippen LogP contribution is 2.14. The van der Waals surface area contributed by atoms with Gasteiger partial charge in [0, 0.05) is 38.3 Å². The van der Waals surface area contributed by atoms with E-state index < -0.39 is 0 Å². The molecule has 0 atom stereocenters. The number of nitrogens with one attached hydrogen (secondary N) is 2.